The van der Waals surface area contributed by atoms with Crippen molar-refractivity contribution in [2.75, 3.05) is 10.6 Å². The number of carbonyl (C=O) groups is 3. The van der Waals surface area contributed by atoms with Gasteiger partial charge in [0, 0.05) is 18.3 Å². The predicted octanol–water partition coefficient (Wildman–Crippen LogP) is 2.87. The summed E-state index contributed by atoms with van der Waals surface area (Å²) in [6.45, 7) is 5.11. The van der Waals surface area contributed by atoms with E-state index in [4.69, 9.17) is 0 Å². The van der Waals surface area contributed by atoms with E-state index in [1.54, 1.807) is 12.1 Å². The van der Waals surface area contributed by atoms with Crippen LogP contribution in [-0.4, -0.2) is 22.9 Å². The van der Waals surface area contributed by atoms with Crippen LogP contribution in [0, 0.1) is 25.7 Å². The molecule has 1 aliphatic rings. The predicted molar refractivity (Wildman–Crippen MR) is 91.8 cm³/mol. The lowest BCUT2D eigenvalue weighted by atomic mass is 9.82. The Bertz CT molecular complexity index is 709. The highest BCUT2D eigenvalue weighted by Gasteiger charge is 2.34. The highest BCUT2D eigenvalue weighted by atomic mass is 16.4. The van der Waals surface area contributed by atoms with Crippen molar-refractivity contribution in [1.29, 1.82) is 0 Å². The Morgan fingerprint density at radius 3 is 2.25 bits per heavy atom. The maximum absolute atomic E-state index is 12.6. The molecule has 1 aliphatic carbocycles. The molecule has 0 saturated carbocycles. The lowest BCUT2D eigenvalue weighted by Gasteiger charge is -2.25. The smallest absolute Gasteiger partial charge is 0.307 e. The van der Waals surface area contributed by atoms with Crippen LogP contribution < -0.4 is 10.6 Å². The molecular weight excluding hydrogens is 308 g/mol. The van der Waals surface area contributed by atoms with Crippen LogP contribution in [0.5, 0.6) is 0 Å². The fourth-order valence-corrected chi connectivity index (χ4v) is 2.95. The Hall–Kier alpha value is -2.63. The van der Waals surface area contributed by atoms with Gasteiger partial charge in [-0.15, -0.1) is 0 Å². The monoisotopic (exact) mass is 330 g/mol. The molecule has 0 fully saturated rings. The van der Waals surface area contributed by atoms with Gasteiger partial charge >= 0.3 is 5.97 Å². The highest BCUT2D eigenvalue weighted by Crippen LogP contribution is 2.30. The third-order valence-electron chi connectivity index (χ3n) is 4.32. The maximum atomic E-state index is 12.6. The molecule has 24 heavy (non-hydrogen) atoms. The van der Waals surface area contributed by atoms with E-state index in [9.17, 15) is 19.5 Å². The molecule has 0 aromatic heterocycles. The topological polar surface area (TPSA) is 95.5 Å². The lowest BCUT2D eigenvalue weighted by Crippen LogP contribution is -2.34. The second kappa shape index (κ2) is 7.29. The maximum Gasteiger partial charge on any atom is 0.307 e. The molecule has 0 bridgehead atoms. The first-order valence-corrected chi connectivity index (χ1v) is 7.87. The minimum atomic E-state index is -0.959. The molecule has 1 aromatic rings. The Morgan fingerprint density at radius 2 is 1.67 bits per heavy atom. The van der Waals surface area contributed by atoms with E-state index < -0.39 is 17.8 Å². The minimum Gasteiger partial charge on any atom is -0.481 e. The third-order valence-corrected chi connectivity index (χ3v) is 4.32. The first-order chi connectivity index (χ1) is 11.3. The van der Waals surface area contributed by atoms with Gasteiger partial charge in [0.1, 0.15) is 0 Å². The van der Waals surface area contributed by atoms with Crippen molar-refractivity contribution in [1.82, 2.24) is 0 Å². The SMILES string of the molecule is CC(=O)Nc1c(C)ccc(NC(=O)[C@H]2CC=CC[C@@H]2C(=O)O)c1C. The molecule has 0 radical (unpaired) electrons. The Balaban J connectivity index is 2.24. The number of aliphatic carboxylic acids is 1. The van der Waals surface area contributed by atoms with E-state index >= 15 is 0 Å². The molecule has 3 N–H and O–H groups in total. The summed E-state index contributed by atoms with van der Waals surface area (Å²) in [5, 5.41) is 14.9. The summed E-state index contributed by atoms with van der Waals surface area (Å²) in [6, 6.07) is 3.58. The minimum absolute atomic E-state index is 0.187. The molecule has 6 nitrogen and oxygen atoms in total. The van der Waals surface area contributed by atoms with Gasteiger partial charge in [0.15, 0.2) is 0 Å². The molecule has 0 aliphatic heterocycles. The van der Waals surface area contributed by atoms with Gasteiger partial charge in [-0.05, 0) is 43.9 Å². The number of hydrogen-bond acceptors (Lipinski definition) is 3. The van der Waals surface area contributed by atoms with Gasteiger partial charge in [0.05, 0.1) is 11.8 Å². The van der Waals surface area contributed by atoms with Crippen molar-refractivity contribution in [3.05, 3.63) is 35.4 Å². The highest BCUT2D eigenvalue weighted by molar-refractivity contribution is 5.98. The number of anilines is 2. The van der Waals surface area contributed by atoms with Crippen LogP contribution in [0.4, 0.5) is 11.4 Å². The van der Waals surface area contributed by atoms with Gasteiger partial charge in [0.25, 0.3) is 0 Å². The number of amides is 2. The van der Waals surface area contributed by atoms with Crippen molar-refractivity contribution in [2.24, 2.45) is 11.8 Å². The van der Waals surface area contributed by atoms with E-state index in [1.165, 1.54) is 6.92 Å². The summed E-state index contributed by atoms with van der Waals surface area (Å²) in [6.07, 6.45) is 4.41. The standard InChI is InChI=1S/C18H22N2O4/c1-10-8-9-15(11(2)16(10)19-12(3)21)20-17(22)13-6-4-5-7-14(13)18(23)24/h4-5,8-9,13-14H,6-7H2,1-3H3,(H,19,21)(H,20,22)(H,23,24)/t13-,14-/m0/s1. The van der Waals surface area contributed by atoms with Crippen molar-refractivity contribution >= 4 is 29.2 Å². The quantitative estimate of drug-likeness (QED) is 0.740. The largest absolute Gasteiger partial charge is 0.481 e. The van der Waals surface area contributed by atoms with Crippen molar-refractivity contribution in [3.8, 4) is 0 Å². The second-order valence-corrected chi connectivity index (χ2v) is 6.09. The zero-order chi connectivity index (χ0) is 17.9. The first-order valence-electron chi connectivity index (χ1n) is 7.87. The van der Waals surface area contributed by atoms with E-state index in [-0.39, 0.29) is 11.8 Å². The zero-order valence-corrected chi connectivity index (χ0v) is 14.1. The fourth-order valence-electron chi connectivity index (χ4n) is 2.95. The van der Waals surface area contributed by atoms with Gasteiger partial charge in [0.2, 0.25) is 11.8 Å². The molecule has 0 spiro atoms. The van der Waals surface area contributed by atoms with Crippen molar-refractivity contribution < 1.29 is 19.5 Å². The third kappa shape index (κ3) is 3.82. The fraction of sp³-hybridized carbons (Fsp3) is 0.389. The molecular formula is C18H22N2O4. The van der Waals surface area contributed by atoms with Gasteiger partial charge in [-0.3, -0.25) is 14.4 Å². The summed E-state index contributed by atoms with van der Waals surface area (Å²) in [5.41, 5.74) is 2.88. The first kappa shape index (κ1) is 17.7. The molecule has 2 atom stereocenters. The Morgan fingerprint density at radius 1 is 1.04 bits per heavy atom. The van der Waals surface area contributed by atoms with E-state index in [1.807, 2.05) is 26.0 Å². The molecule has 0 heterocycles. The van der Waals surface area contributed by atoms with E-state index in [0.717, 1.165) is 11.1 Å². The molecule has 128 valence electrons. The second-order valence-electron chi connectivity index (χ2n) is 6.09. The number of nitrogens with one attached hydrogen (secondary N) is 2. The number of allylic oxidation sites excluding steroid dienone is 2. The van der Waals surface area contributed by atoms with E-state index in [0.29, 0.717) is 24.2 Å². The number of aryl methyl sites for hydroxylation is 1. The number of carbonyl (C=O) groups excluding carboxylic acids is 2. The molecule has 6 heteroatoms. The summed E-state index contributed by atoms with van der Waals surface area (Å²) in [5.74, 6) is -2.77. The molecule has 0 unspecified atom stereocenters. The van der Waals surface area contributed by atoms with E-state index in [2.05, 4.69) is 10.6 Å². The number of benzene rings is 1. The normalized spacial score (nSPS) is 19.6. The molecule has 0 saturated heterocycles. The zero-order valence-electron chi connectivity index (χ0n) is 14.1. The Labute approximate surface area is 140 Å². The molecule has 2 amide bonds. The number of hydrogen-bond donors (Lipinski definition) is 3. The number of carboxylic acid groups (broad SMARTS) is 1. The van der Waals surface area contributed by atoms with Crippen LogP contribution in [0.25, 0.3) is 0 Å². The van der Waals surface area contributed by atoms with Gasteiger partial charge in [-0.2, -0.15) is 0 Å². The van der Waals surface area contributed by atoms with Gasteiger partial charge in [-0.25, -0.2) is 0 Å². The average Bonchev–Trinajstić information content (AvgIpc) is 2.53. The summed E-state index contributed by atoms with van der Waals surface area (Å²) >= 11 is 0. The van der Waals surface area contributed by atoms with Crippen LogP contribution in [0.1, 0.15) is 30.9 Å². The summed E-state index contributed by atoms with van der Waals surface area (Å²) in [4.78, 5) is 35.2. The summed E-state index contributed by atoms with van der Waals surface area (Å²) in [7, 11) is 0. The van der Waals surface area contributed by atoms with Gasteiger partial charge < -0.3 is 15.7 Å². The summed E-state index contributed by atoms with van der Waals surface area (Å²) < 4.78 is 0. The van der Waals surface area contributed by atoms with Crippen LogP contribution in [0.15, 0.2) is 24.3 Å². The molecule has 2 rings (SSSR count). The lowest BCUT2D eigenvalue weighted by molar-refractivity contribution is -0.146. The Kier molecular flexibility index (Phi) is 5.39. The average molecular weight is 330 g/mol. The van der Waals surface area contributed by atoms with Crippen molar-refractivity contribution in [2.45, 2.75) is 33.6 Å². The number of carboxylic acids is 1. The van der Waals surface area contributed by atoms with Crippen LogP contribution >= 0.6 is 0 Å². The van der Waals surface area contributed by atoms with Crippen LogP contribution in [0.2, 0.25) is 0 Å². The van der Waals surface area contributed by atoms with Crippen LogP contribution in [-0.2, 0) is 14.4 Å². The van der Waals surface area contributed by atoms with Crippen molar-refractivity contribution in [3.63, 3.8) is 0 Å². The molecule has 1 aromatic carbocycles. The van der Waals surface area contributed by atoms with Crippen LogP contribution in [0.3, 0.4) is 0 Å². The van der Waals surface area contributed by atoms with Gasteiger partial charge in [-0.1, -0.05) is 18.2 Å². The number of rotatable bonds is 4.